The lowest BCUT2D eigenvalue weighted by molar-refractivity contribution is -0.136. The molecule has 0 bridgehead atoms. The predicted molar refractivity (Wildman–Crippen MR) is 80.5 cm³/mol. The number of nitrogens with zero attached hydrogens (tertiary/aromatic N) is 1. The summed E-state index contributed by atoms with van der Waals surface area (Å²) in [6.07, 6.45) is 0.399. The maximum atomic E-state index is 13.1. The Kier molecular flexibility index (Phi) is 4.95. The average molecular weight is 380 g/mol. The largest absolute Gasteiger partial charge is 0.481 e. The van der Waals surface area contributed by atoms with Crippen LogP contribution in [0.15, 0.2) is 22.0 Å². The van der Waals surface area contributed by atoms with E-state index in [0.29, 0.717) is 27.4 Å². The summed E-state index contributed by atoms with van der Waals surface area (Å²) in [6, 6.07) is 2.50. The maximum Gasteiger partial charge on any atom is 0.303 e. The molecule has 2 aromatic rings. The van der Waals surface area contributed by atoms with Crippen molar-refractivity contribution in [2.75, 3.05) is 5.32 Å². The lowest BCUT2D eigenvalue weighted by Gasteiger charge is -2.08. The molecular formula is C12H9BrClFN2O2S. The van der Waals surface area contributed by atoms with Gasteiger partial charge < -0.3 is 10.4 Å². The van der Waals surface area contributed by atoms with Crippen molar-refractivity contribution >= 4 is 55.7 Å². The van der Waals surface area contributed by atoms with Crippen molar-refractivity contribution < 1.29 is 14.3 Å². The van der Waals surface area contributed by atoms with Gasteiger partial charge in [0.1, 0.15) is 5.82 Å². The van der Waals surface area contributed by atoms with Crippen LogP contribution < -0.4 is 5.32 Å². The zero-order chi connectivity index (χ0) is 14.7. The molecule has 2 rings (SSSR count). The van der Waals surface area contributed by atoms with E-state index in [1.165, 1.54) is 23.5 Å². The van der Waals surface area contributed by atoms with Gasteiger partial charge in [0.25, 0.3) is 0 Å². The number of aliphatic carboxylic acids is 1. The van der Waals surface area contributed by atoms with Gasteiger partial charge in [0.15, 0.2) is 5.13 Å². The first-order valence-corrected chi connectivity index (χ1v) is 7.58. The van der Waals surface area contributed by atoms with Gasteiger partial charge in [0.05, 0.1) is 22.8 Å². The molecule has 0 unspecified atom stereocenters. The third kappa shape index (κ3) is 3.91. The third-order valence-electron chi connectivity index (χ3n) is 2.39. The fraction of sp³-hybridized carbons (Fsp3) is 0.167. The van der Waals surface area contributed by atoms with Crippen LogP contribution in [-0.4, -0.2) is 16.1 Å². The minimum atomic E-state index is -0.864. The lowest BCUT2D eigenvalue weighted by Crippen LogP contribution is -1.98. The van der Waals surface area contributed by atoms with Crippen molar-refractivity contribution in [1.29, 1.82) is 0 Å². The Balaban J connectivity index is 2.13. The second kappa shape index (κ2) is 6.51. The highest BCUT2D eigenvalue weighted by Gasteiger charge is 2.11. The molecule has 1 aromatic heterocycles. The molecule has 0 aliphatic rings. The number of anilines is 2. The number of halogens is 3. The van der Waals surface area contributed by atoms with E-state index in [9.17, 15) is 9.18 Å². The minimum Gasteiger partial charge on any atom is -0.481 e. The molecule has 0 saturated carbocycles. The zero-order valence-electron chi connectivity index (χ0n) is 9.99. The van der Waals surface area contributed by atoms with Crippen LogP contribution >= 0.6 is 38.9 Å². The number of hydrogen-bond acceptors (Lipinski definition) is 4. The van der Waals surface area contributed by atoms with Crippen LogP contribution in [0.4, 0.5) is 15.2 Å². The van der Waals surface area contributed by atoms with Crippen LogP contribution in [0.5, 0.6) is 0 Å². The Morgan fingerprint density at radius 2 is 2.30 bits per heavy atom. The molecule has 0 atom stereocenters. The number of hydrogen-bond donors (Lipinski definition) is 2. The van der Waals surface area contributed by atoms with E-state index >= 15 is 0 Å². The van der Waals surface area contributed by atoms with E-state index < -0.39 is 11.8 Å². The molecule has 0 aliphatic carbocycles. The highest BCUT2D eigenvalue weighted by Crippen LogP contribution is 2.34. The molecule has 0 fully saturated rings. The minimum absolute atomic E-state index is 0.0319. The van der Waals surface area contributed by atoms with Gasteiger partial charge in [-0.3, -0.25) is 4.79 Å². The normalized spacial score (nSPS) is 10.6. The summed E-state index contributed by atoms with van der Waals surface area (Å²) in [6.45, 7) is 0. The molecular weight excluding hydrogens is 371 g/mol. The first-order chi connectivity index (χ1) is 9.45. The molecule has 2 N–H and O–H groups in total. The summed E-state index contributed by atoms with van der Waals surface area (Å²) in [5.41, 5.74) is 1.21. The molecule has 0 amide bonds. The van der Waals surface area contributed by atoms with E-state index in [1.54, 1.807) is 5.38 Å². The molecule has 0 spiro atoms. The summed E-state index contributed by atoms with van der Waals surface area (Å²) in [4.78, 5) is 14.7. The van der Waals surface area contributed by atoms with E-state index in [1.807, 2.05) is 0 Å². The number of aromatic nitrogens is 1. The molecule has 106 valence electrons. The van der Waals surface area contributed by atoms with Crippen LogP contribution in [0, 0.1) is 5.82 Å². The lowest BCUT2D eigenvalue weighted by atomic mass is 10.2. The molecule has 8 heteroatoms. The number of thiazole rings is 1. The maximum absolute atomic E-state index is 13.1. The van der Waals surface area contributed by atoms with Crippen LogP contribution in [0.1, 0.15) is 12.1 Å². The van der Waals surface area contributed by atoms with Gasteiger partial charge in [-0.1, -0.05) is 11.6 Å². The standard InChI is InChI=1S/C12H9BrClFN2O2S/c13-8-3-6(15)4-9(14)11(8)17-12-16-7(5-20-12)1-2-10(18)19/h3-5H,1-2H2,(H,16,17)(H,18,19). The number of carboxylic acid groups (broad SMARTS) is 1. The van der Waals surface area contributed by atoms with Gasteiger partial charge in [0.2, 0.25) is 0 Å². The van der Waals surface area contributed by atoms with Crippen molar-refractivity contribution in [3.05, 3.63) is 38.5 Å². The Labute approximate surface area is 131 Å². The number of carboxylic acids is 1. The van der Waals surface area contributed by atoms with Crippen molar-refractivity contribution in [3.63, 3.8) is 0 Å². The first-order valence-electron chi connectivity index (χ1n) is 5.53. The summed E-state index contributed by atoms with van der Waals surface area (Å²) >= 11 is 10.5. The average Bonchev–Trinajstić information content (AvgIpc) is 2.79. The Morgan fingerprint density at radius 3 is 2.95 bits per heavy atom. The SMILES string of the molecule is O=C(O)CCc1csc(Nc2c(Cl)cc(F)cc2Br)n1. The summed E-state index contributed by atoms with van der Waals surface area (Å²) < 4.78 is 13.6. The van der Waals surface area contributed by atoms with E-state index in [0.717, 1.165) is 0 Å². The van der Waals surface area contributed by atoms with Gasteiger partial charge in [-0.15, -0.1) is 11.3 Å². The van der Waals surface area contributed by atoms with Crippen molar-refractivity contribution in [3.8, 4) is 0 Å². The van der Waals surface area contributed by atoms with Crippen LogP contribution in [0.25, 0.3) is 0 Å². The van der Waals surface area contributed by atoms with Crippen molar-refractivity contribution in [2.45, 2.75) is 12.8 Å². The van der Waals surface area contributed by atoms with Gasteiger partial charge in [-0.25, -0.2) is 9.37 Å². The predicted octanol–water partition coefficient (Wildman–Crippen LogP) is 4.46. The topological polar surface area (TPSA) is 62.2 Å². The quantitative estimate of drug-likeness (QED) is 0.805. The highest BCUT2D eigenvalue weighted by molar-refractivity contribution is 9.10. The van der Waals surface area contributed by atoms with Gasteiger partial charge in [-0.2, -0.15) is 0 Å². The molecule has 1 heterocycles. The Bertz CT molecular complexity index is 627. The first kappa shape index (κ1) is 15.2. The Hall–Kier alpha value is -1.18. The number of rotatable bonds is 5. The van der Waals surface area contributed by atoms with Crippen LogP contribution in [0.2, 0.25) is 5.02 Å². The van der Waals surface area contributed by atoms with Crippen LogP contribution in [-0.2, 0) is 11.2 Å². The van der Waals surface area contributed by atoms with Crippen molar-refractivity contribution in [2.24, 2.45) is 0 Å². The number of nitrogens with one attached hydrogen (secondary N) is 1. The second-order valence-electron chi connectivity index (χ2n) is 3.91. The number of aryl methyl sites for hydroxylation is 1. The van der Waals surface area contributed by atoms with Crippen LogP contribution in [0.3, 0.4) is 0 Å². The van der Waals surface area contributed by atoms with Gasteiger partial charge in [0, 0.05) is 16.3 Å². The fourth-order valence-corrected chi connectivity index (χ4v) is 3.13. The third-order valence-corrected chi connectivity index (χ3v) is 4.12. The number of carbonyl (C=O) groups is 1. The monoisotopic (exact) mass is 378 g/mol. The molecule has 0 saturated heterocycles. The van der Waals surface area contributed by atoms with E-state index in [-0.39, 0.29) is 11.4 Å². The van der Waals surface area contributed by atoms with E-state index in [2.05, 4.69) is 26.2 Å². The molecule has 1 aromatic carbocycles. The number of benzene rings is 1. The summed E-state index contributed by atoms with van der Waals surface area (Å²) in [7, 11) is 0. The smallest absolute Gasteiger partial charge is 0.303 e. The Morgan fingerprint density at radius 1 is 1.55 bits per heavy atom. The molecule has 0 radical (unpaired) electrons. The van der Waals surface area contributed by atoms with E-state index in [4.69, 9.17) is 16.7 Å². The summed E-state index contributed by atoms with van der Waals surface area (Å²) in [5.74, 6) is -1.30. The molecule has 4 nitrogen and oxygen atoms in total. The van der Waals surface area contributed by atoms with Gasteiger partial charge >= 0.3 is 5.97 Å². The summed E-state index contributed by atoms with van der Waals surface area (Å²) in [5, 5.41) is 14.2. The fourth-order valence-electron chi connectivity index (χ4n) is 1.48. The van der Waals surface area contributed by atoms with Crippen molar-refractivity contribution in [1.82, 2.24) is 4.98 Å². The second-order valence-corrected chi connectivity index (χ2v) is 6.03. The molecule has 20 heavy (non-hydrogen) atoms. The highest BCUT2D eigenvalue weighted by atomic mass is 79.9. The van der Waals surface area contributed by atoms with Gasteiger partial charge in [-0.05, 0) is 28.1 Å². The zero-order valence-corrected chi connectivity index (χ0v) is 13.1. The molecule has 0 aliphatic heterocycles.